The molecule has 0 saturated heterocycles. The van der Waals surface area contributed by atoms with E-state index < -0.39 is 6.10 Å². The molecule has 1 heterocycles. The van der Waals surface area contributed by atoms with Gasteiger partial charge in [-0.05, 0) is 18.6 Å². The molecule has 1 aliphatic rings. The number of ether oxygens (including phenoxy) is 1. The van der Waals surface area contributed by atoms with Crippen molar-refractivity contribution in [2.75, 3.05) is 31.6 Å². The highest BCUT2D eigenvalue weighted by atomic mass is 16.5. The molecule has 1 amide bonds. The molecular formula is C18H28N2O4. The van der Waals surface area contributed by atoms with Crippen molar-refractivity contribution in [2.45, 2.75) is 39.2 Å². The van der Waals surface area contributed by atoms with Crippen LogP contribution in [0.15, 0.2) is 18.2 Å². The SMILES string of the molecule is CCCC(C)(CO)CNCC(O)COc1cccc2c1CC(=O)N2. The van der Waals surface area contributed by atoms with Crippen LogP contribution in [-0.4, -0.2) is 48.5 Å². The van der Waals surface area contributed by atoms with E-state index in [1.165, 1.54) is 0 Å². The Labute approximate surface area is 143 Å². The van der Waals surface area contributed by atoms with E-state index in [0.717, 1.165) is 24.1 Å². The summed E-state index contributed by atoms with van der Waals surface area (Å²) in [4.78, 5) is 11.5. The lowest BCUT2D eigenvalue weighted by Crippen LogP contribution is -2.39. The maximum absolute atomic E-state index is 11.5. The Morgan fingerprint density at radius 2 is 2.25 bits per heavy atom. The quantitative estimate of drug-likeness (QED) is 0.517. The summed E-state index contributed by atoms with van der Waals surface area (Å²) in [5.74, 6) is 0.596. The second kappa shape index (κ2) is 8.46. The molecule has 2 rings (SSSR count). The Morgan fingerprint density at radius 1 is 1.46 bits per heavy atom. The number of amides is 1. The summed E-state index contributed by atoms with van der Waals surface area (Å²) in [5.41, 5.74) is 1.46. The third-order valence-electron chi connectivity index (χ3n) is 4.34. The summed E-state index contributed by atoms with van der Waals surface area (Å²) in [6.45, 7) is 5.44. The summed E-state index contributed by atoms with van der Waals surface area (Å²) in [6, 6.07) is 5.47. The van der Waals surface area contributed by atoms with Gasteiger partial charge in [-0.3, -0.25) is 4.79 Å². The monoisotopic (exact) mass is 336 g/mol. The van der Waals surface area contributed by atoms with E-state index in [4.69, 9.17) is 4.74 Å². The van der Waals surface area contributed by atoms with E-state index in [1.807, 2.05) is 25.1 Å². The zero-order valence-corrected chi connectivity index (χ0v) is 14.5. The van der Waals surface area contributed by atoms with Crippen LogP contribution >= 0.6 is 0 Å². The van der Waals surface area contributed by atoms with Gasteiger partial charge in [-0.2, -0.15) is 0 Å². The van der Waals surface area contributed by atoms with Crippen LogP contribution in [-0.2, 0) is 11.2 Å². The van der Waals surface area contributed by atoms with Crippen molar-refractivity contribution in [3.05, 3.63) is 23.8 Å². The lowest BCUT2D eigenvalue weighted by molar-refractivity contribution is -0.115. The first-order valence-corrected chi connectivity index (χ1v) is 8.51. The van der Waals surface area contributed by atoms with Crippen molar-refractivity contribution in [3.8, 4) is 5.75 Å². The van der Waals surface area contributed by atoms with Crippen LogP contribution < -0.4 is 15.4 Å². The molecule has 0 spiro atoms. The number of hydrogen-bond donors (Lipinski definition) is 4. The van der Waals surface area contributed by atoms with Crippen molar-refractivity contribution in [1.29, 1.82) is 0 Å². The van der Waals surface area contributed by atoms with Crippen molar-refractivity contribution < 1.29 is 19.7 Å². The molecule has 2 unspecified atom stereocenters. The first-order valence-electron chi connectivity index (χ1n) is 8.51. The van der Waals surface area contributed by atoms with Crippen molar-refractivity contribution in [3.63, 3.8) is 0 Å². The molecule has 24 heavy (non-hydrogen) atoms. The molecular weight excluding hydrogens is 308 g/mol. The van der Waals surface area contributed by atoms with Crippen LogP contribution in [0.4, 0.5) is 5.69 Å². The van der Waals surface area contributed by atoms with Gasteiger partial charge in [-0.1, -0.05) is 26.3 Å². The minimum atomic E-state index is -0.657. The Morgan fingerprint density at radius 3 is 2.96 bits per heavy atom. The molecule has 0 aliphatic carbocycles. The first kappa shape index (κ1) is 18.7. The molecule has 6 nitrogen and oxygen atoms in total. The Bertz CT molecular complexity index is 564. The molecule has 1 aromatic carbocycles. The first-order chi connectivity index (χ1) is 11.5. The molecule has 0 fully saturated rings. The molecule has 0 bridgehead atoms. The lowest BCUT2D eigenvalue weighted by Gasteiger charge is -2.27. The summed E-state index contributed by atoms with van der Waals surface area (Å²) in [5, 5.41) is 25.5. The van der Waals surface area contributed by atoms with Crippen LogP contribution in [0.25, 0.3) is 0 Å². The van der Waals surface area contributed by atoms with Crippen LogP contribution in [0.5, 0.6) is 5.75 Å². The number of benzene rings is 1. The van der Waals surface area contributed by atoms with Crippen LogP contribution in [0.2, 0.25) is 0 Å². The van der Waals surface area contributed by atoms with Gasteiger partial charge < -0.3 is 25.6 Å². The number of hydrogen-bond acceptors (Lipinski definition) is 5. The molecule has 2 atom stereocenters. The fourth-order valence-corrected chi connectivity index (χ4v) is 2.97. The van der Waals surface area contributed by atoms with Gasteiger partial charge in [0.1, 0.15) is 18.5 Å². The number of rotatable bonds is 10. The number of aliphatic hydroxyl groups is 2. The Hall–Kier alpha value is -1.63. The highest BCUT2D eigenvalue weighted by Crippen LogP contribution is 2.31. The summed E-state index contributed by atoms with van der Waals surface area (Å²) in [7, 11) is 0. The maximum atomic E-state index is 11.5. The van der Waals surface area contributed by atoms with E-state index in [-0.39, 0.29) is 24.5 Å². The molecule has 134 valence electrons. The standard InChI is InChI=1S/C18H28N2O4/c1-3-7-18(2,12-21)11-19-9-13(22)10-24-16-6-4-5-15-14(16)8-17(23)20-15/h4-6,13,19,21-22H,3,7-12H2,1-2H3,(H,20,23). The number of fused-ring (bicyclic) bond motifs is 1. The van der Waals surface area contributed by atoms with E-state index >= 15 is 0 Å². The molecule has 1 aromatic rings. The van der Waals surface area contributed by atoms with Gasteiger partial charge in [0.05, 0.1) is 6.42 Å². The molecule has 6 heteroatoms. The fraction of sp³-hybridized carbons (Fsp3) is 0.611. The van der Waals surface area contributed by atoms with Crippen LogP contribution in [0.1, 0.15) is 32.3 Å². The van der Waals surface area contributed by atoms with E-state index in [1.54, 1.807) is 0 Å². The lowest BCUT2D eigenvalue weighted by atomic mass is 9.86. The second-order valence-corrected chi connectivity index (χ2v) is 6.82. The molecule has 0 saturated carbocycles. The molecule has 0 radical (unpaired) electrons. The number of anilines is 1. The van der Waals surface area contributed by atoms with Crippen molar-refractivity contribution in [1.82, 2.24) is 5.32 Å². The highest BCUT2D eigenvalue weighted by molar-refractivity contribution is 6.00. The van der Waals surface area contributed by atoms with E-state index in [9.17, 15) is 15.0 Å². The third-order valence-corrected chi connectivity index (χ3v) is 4.34. The minimum absolute atomic E-state index is 0.0394. The van der Waals surface area contributed by atoms with Crippen LogP contribution in [0.3, 0.4) is 0 Å². The molecule has 0 aromatic heterocycles. The third kappa shape index (κ3) is 4.93. The minimum Gasteiger partial charge on any atom is -0.490 e. The van der Waals surface area contributed by atoms with Crippen molar-refractivity contribution in [2.24, 2.45) is 5.41 Å². The van der Waals surface area contributed by atoms with Gasteiger partial charge in [-0.25, -0.2) is 0 Å². The predicted molar refractivity (Wildman–Crippen MR) is 93.2 cm³/mol. The van der Waals surface area contributed by atoms with Crippen LogP contribution in [0, 0.1) is 5.41 Å². The normalized spacial score (nSPS) is 17.1. The summed E-state index contributed by atoms with van der Waals surface area (Å²) >= 11 is 0. The van der Waals surface area contributed by atoms with Gasteiger partial charge in [0.15, 0.2) is 0 Å². The second-order valence-electron chi connectivity index (χ2n) is 6.82. The molecule has 4 N–H and O–H groups in total. The van der Waals surface area contributed by atoms with E-state index in [2.05, 4.69) is 17.6 Å². The highest BCUT2D eigenvalue weighted by Gasteiger charge is 2.23. The number of carbonyl (C=O) groups is 1. The van der Waals surface area contributed by atoms with E-state index in [0.29, 0.717) is 25.3 Å². The zero-order valence-electron chi connectivity index (χ0n) is 14.5. The summed E-state index contributed by atoms with van der Waals surface area (Å²) < 4.78 is 5.68. The van der Waals surface area contributed by atoms with Gasteiger partial charge in [0.25, 0.3) is 0 Å². The van der Waals surface area contributed by atoms with Gasteiger partial charge >= 0.3 is 0 Å². The zero-order chi connectivity index (χ0) is 17.6. The number of nitrogens with one attached hydrogen (secondary N) is 2. The van der Waals surface area contributed by atoms with Gasteiger partial charge in [-0.15, -0.1) is 0 Å². The maximum Gasteiger partial charge on any atom is 0.229 e. The number of aliphatic hydroxyl groups excluding tert-OH is 2. The molecule has 1 aliphatic heterocycles. The predicted octanol–water partition coefficient (Wildman–Crippen LogP) is 1.31. The van der Waals surface area contributed by atoms with Gasteiger partial charge in [0, 0.05) is 36.4 Å². The largest absolute Gasteiger partial charge is 0.490 e. The summed E-state index contributed by atoms with van der Waals surface area (Å²) in [6.07, 6.45) is 1.60. The Balaban J connectivity index is 1.77. The topological polar surface area (TPSA) is 90.8 Å². The average molecular weight is 336 g/mol. The van der Waals surface area contributed by atoms with Crippen molar-refractivity contribution >= 4 is 11.6 Å². The Kier molecular flexibility index (Phi) is 6.60. The fourth-order valence-electron chi connectivity index (χ4n) is 2.97. The smallest absolute Gasteiger partial charge is 0.229 e. The average Bonchev–Trinajstić information content (AvgIpc) is 2.94. The number of carbonyl (C=O) groups excluding carboxylic acids is 1. The van der Waals surface area contributed by atoms with Gasteiger partial charge in [0.2, 0.25) is 5.91 Å².